The van der Waals surface area contributed by atoms with Gasteiger partial charge < -0.3 is 14.9 Å². The van der Waals surface area contributed by atoms with Gasteiger partial charge in [-0.2, -0.15) is 0 Å². The van der Waals surface area contributed by atoms with Crippen LogP contribution in [-0.2, 0) is 11.3 Å². The van der Waals surface area contributed by atoms with Crippen molar-refractivity contribution in [1.82, 2.24) is 9.80 Å². The smallest absolute Gasteiger partial charge is 0.325 e. The number of anilines is 1. The van der Waals surface area contributed by atoms with Crippen molar-refractivity contribution in [3.05, 3.63) is 66.0 Å². The summed E-state index contributed by atoms with van der Waals surface area (Å²) < 4.78 is 13.1. The Morgan fingerprint density at radius 2 is 1.78 bits per heavy atom. The van der Waals surface area contributed by atoms with Crippen molar-refractivity contribution in [2.75, 3.05) is 37.7 Å². The molecule has 0 radical (unpaired) electrons. The lowest BCUT2D eigenvalue weighted by molar-refractivity contribution is -0.132. The van der Waals surface area contributed by atoms with E-state index in [2.05, 4.69) is 0 Å². The highest BCUT2D eigenvalue weighted by Gasteiger charge is 2.31. The molecular weight excluding hydrogens is 349 g/mol. The zero-order chi connectivity index (χ0) is 19.2. The molecule has 0 saturated carbocycles. The molecule has 6 nitrogen and oxygen atoms in total. The van der Waals surface area contributed by atoms with Crippen molar-refractivity contribution in [3.63, 3.8) is 0 Å². The number of carbonyl (C=O) groups is 2. The van der Waals surface area contributed by atoms with Gasteiger partial charge in [0.1, 0.15) is 12.4 Å². The Hall–Kier alpha value is -2.93. The van der Waals surface area contributed by atoms with Gasteiger partial charge in [0.05, 0.1) is 6.61 Å². The first-order valence-electron chi connectivity index (χ1n) is 8.83. The highest BCUT2D eigenvalue weighted by Crippen LogP contribution is 2.20. The highest BCUT2D eigenvalue weighted by molar-refractivity contribution is 5.96. The van der Waals surface area contributed by atoms with Crippen LogP contribution in [0.15, 0.2) is 54.6 Å². The monoisotopic (exact) mass is 371 g/mol. The number of rotatable bonds is 7. The zero-order valence-electron chi connectivity index (χ0n) is 14.9. The van der Waals surface area contributed by atoms with Gasteiger partial charge in [-0.15, -0.1) is 0 Å². The molecule has 2 aromatic rings. The van der Waals surface area contributed by atoms with Gasteiger partial charge in [0.15, 0.2) is 0 Å². The molecule has 0 bridgehead atoms. The minimum absolute atomic E-state index is 0.0522. The predicted molar refractivity (Wildman–Crippen MR) is 99.7 cm³/mol. The molecule has 3 rings (SSSR count). The van der Waals surface area contributed by atoms with Crippen molar-refractivity contribution >= 4 is 17.6 Å². The second-order valence-corrected chi connectivity index (χ2v) is 6.36. The summed E-state index contributed by atoms with van der Waals surface area (Å²) in [6, 6.07) is 14.9. The summed E-state index contributed by atoms with van der Waals surface area (Å²) in [7, 11) is 0. The van der Waals surface area contributed by atoms with E-state index in [1.807, 2.05) is 30.3 Å². The molecule has 0 unspecified atom stereocenters. The predicted octanol–water partition coefficient (Wildman–Crippen LogP) is 2.09. The maximum absolute atomic E-state index is 13.1. The third-order valence-electron chi connectivity index (χ3n) is 4.50. The topological polar surface area (TPSA) is 64.1 Å². The fourth-order valence-electron chi connectivity index (χ4n) is 3.07. The SMILES string of the molecule is O=C(CN1CCN(c2ccc(F)cc2)C1=O)N(CCO)Cc1ccccc1. The number of amides is 3. The van der Waals surface area contributed by atoms with Crippen molar-refractivity contribution in [2.24, 2.45) is 0 Å². The number of aliphatic hydroxyl groups excluding tert-OH is 1. The van der Waals surface area contributed by atoms with Crippen LogP contribution in [0.3, 0.4) is 0 Å². The molecule has 1 saturated heterocycles. The summed E-state index contributed by atoms with van der Waals surface area (Å²) in [4.78, 5) is 29.8. The van der Waals surface area contributed by atoms with E-state index in [0.717, 1.165) is 5.56 Å². The van der Waals surface area contributed by atoms with Crippen LogP contribution >= 0.6 is 0 Å². The standard InChI is InChI=1S/C20H22FN3O3/c21-17-6-8-18(9-7-17)24-11-10-23(20(24)27)15-19(26)22(12-13-25)14-16-4-2-1-3-5-16/h1-9,25H,10-15H2. The quantitative estimate of drug-likeness (QED) is 0.811. The number of carbonyl (C=O) groups excluding carboxylic acids is 2. The summed E-state index contributed by atoms with van der Waals surface area (Å²) in [5.74, 6) is -0.583. The number of hydrogen-bond acceptors (Lipinski definition) is 3. The molecule has 0 spiro atoms. The summed E-state index contributed by atoms with van der Waals surface area (Å²) in [5.41, 5.74) is 1.56. The van der Waals surface area contributed by atoms with E-state index in [-0.39, 0.29) is 37.5 Å². The maximum atomic E-state index is 13.1. The Labute approximate surface area is 157 Å². The molecule has 1 fully saturated rings. The molecule has 27 heavy (non-hydrogen) atoms. The average molecular weight is 371 g/mol. The molecule has 142 valence electrons. The molecule has 0 aromatic heterocycles. The Bertz CT molecular complexity index is 783. The number of nitrogens with zero attached hydrogens (tertiary/aromatic N) is 3. The molecule has 2 aromatic carbocycles. The third-order valence-corrected chi connectivity index (χ3v) is 4.50. The van der Waals surface area contributed by atoms with E-state index >= 15 is 0 Å². The molecular formula is C20H22FN3O3. The van der Waals surface area contributed by atoms with E-state index in [1.165, 1.54) is 21.9 Å². The van der Waals surface area contributed by atoms with E-state index in [9.17, 15) is 19.1 Å². The van der Waals surface area contributed by atoms with E-state index < -0.39 is 0 Å². The average Bonchev–Trinajstić information content (AvgIpc) is 3.03. The molecule has 1 aliphatic heterocycles. The minimum atomic E-state index is -0.363. The van der Waals surface area contributed by atoms with Crippen LogP contribution in [0.25, 0.3) is 0 Å². The normalized spacial score (nSPS) is 13.9. The largest absolute Gasteiger partial charge is 0.395 e. The lowest BCUT2D eigenvalue weighted by Gasteiger charge is -2.25. The van der Waals surface area contributed by atoms with Crippen LogP contribution in [0.4, 0.5) is 14.9 Å². The first kappa shape index (κ1) is 18.8. The first-order valence-corrected chi connectivity index (χ1v) is 8.83. The lowest BCUT2D eigenvalue weighted by atomic mass is 10.2. The van der Waals surface area contributed by atoms with E-state index in [4.69, 9.17) is 0 Å². The number of aliphatic hydroxyl groups is 1. The van der Waals surface area contributed by atoms with Crippen LogP contribution in [-0.4, -0.2) is 59.6 Å². The Kier molecular flexibility index (Phi) is 6.03. The zero-order valence-corrected chi connectivity index (χ0v) is 14.9. The third kappa shape index (κ3) is 4.62. The minimum Gasteiger partial charge on any atom is -0.395 e. The summed E-state index contributed by atoms with van der Waals surface area (Å²) >= 11 is 0. The van der Waals surface area contributed by atoms with Gasteiger partial charge in [0.25, 0.3) is 0 Å². The van der Waals surface area contributed by atoms with Crippen LogP contribution in [0.5, 0.6) is 0 Å². The number of benzene rings is 2. The molecule has 7 heteroatoms. The number of hydrogen-bond donors (Lipinski definition) is 1. The van der Waals surface area contributed by atoms with Gasteiger partial charge in [0, 0.05) is 31.9 Å². The van der Waals surface area contributed by atoms with Gasteiger partial charge in [-0.3, -0.25) is 9.69 Å². The Morgan fingerprint density at radius 3 is 2.44 bits per heavy atom. The fourth-order valence-corrected chi connectivity index (χ4v) is 3.07. The van der Waals surface area contributed by atoms with Crippen LogP contribution in [0.1, 0.15) is 5.56 Å². The van der Waals surface area contributed by atoms with Gasteiger partial charge in [-0.25, -0.2) is 9.18 Å². The molecule has 0 atom stereocenters. The van der Waals surface area contributed by atoms with Crippen molar-refractivity contribution < 1.29 is 19.1 Å². The number of halogens is 1. The fraction of sp³-hybridized carbons (Fsp3) is 0.300. The molecule has 3 amide bonds. The second-order valence-electron chi connectivity index (χ2n) is 6.36. The Morgan fingerprint density at radius 1 is 1.07 bits per heavy atom. The van der Waals surface area contributed by atoms with Gasteiger partial charge in [0.2, 0.25) is 5.91 Å². The Balaban J connectivity index is 1.63. The van der Waals surface area contributed by atoms with Crippen molar-refractivity contribution in [2.45, 2.75) is 6.54 Å². The number of urea groups is 1. The first-order chi connectivity index (χ1) is 13.1. The summed E-state index contributed by atoms with van der Waals surface area (Å²) in [5, 5.41) is 9.28. The summed E-state index contributed by atoms with van der Waals surface area (Å²) in [6.07, 6.45) is 0. The van der Waals surface area contributed by atoms with Crippen LogP contribution in [0.2, 0.25) is 0 Å². The van der Waals surface area contributed by atoms with E-state index in [0.29, 0.717) is 25.3 Å². The molecule has 0 aliphatic carbocycles. The van der Waals surface area contributed by atoms with Gasteiger partial charge in [-0.05, 0) is 29.8 Å². The second kappa shape index (κ2) is 8.64. The maximum Gasteiger partial charge on any atom is 0.325 e. The van der Waals surface area contributed by atoms with Gasteiger partial charge >= 0.3 is 6.03 Å². The highest BCUT2D eigenvalue weighted by atomic mass is 19.1. The van der Waals surface area contributed by atoms with E-state index in [1.54, 1.807) is 17.0 Å². The van der Waals surface area contributed by atoms with Crippen molar-refractivity contribution in [1.29, 1.82) is 0 Å². The lowest BCUT2D eigenvalue weighted by Crippen LogP contribution is -2.43. The van der Waals surface area contributed by atoms with Crippen LogP contribution in [0, 0.1) is 5.82 Å². The molecule has 1 aliphatic rings. The van der Waals surface area contributed by atoms with Gasteiger partial charge in [-0.1, -0.05) is 30.3 Å². The van der Waals surface area contributed by atoms with Crippen molar-refractivity contribution in [3.8, 4) is 0 Å². The molecule has 1 heterocycles. The van der Waals surface area contributed by atoms with Crippen LogP contribution < -0.4 is 4.90 Å². The molecule has 1 N–H and O–H groups in total. The summed E-state index contributed by atoms with van der Waals surface area (Å²) in [6.45, 7) is 1.25.